The average Bonchev–Trinajstić information content (AvgIpc) is 3.07. The third kappa shape index (κ3) is 2.48. The fourth-order valence-corrected chi connectivity index (χ4v) is 3.73. The van der Waals surface area contributed by atoms with Gasteiger partial charge in [0.1, 0.15) is 11.5 Å². The molecule has 5 heteroatoms. The number of nitrogens with one attached hydrogen (secondary N) is 1. The lowest BCUT2D eigenvalue weighted by Gasteiger charge is -2.15. The Morgan fingerprint density at radius 1 is 1.43 bits per heavy atom. The van der Waals surface area contributed by atoms with Crippen LogP contribution in [0.5, 0.6) is 11.5 Å². The van der Waals surface area contributed by atoms with Crippen molar-refractivity contribution in [2.75, 3.05) is 0 Å². The molecule has 0 saturated heterocycles. The van der Waals surface area contributed by atoms with Crippen LogP contribution in [0, 0.1) is 17.3 Å². The summed E-state index contributed by atoms with van der Waals surface area (Å²) in [5, 5.41) is 22.7. The van der Waals surface area contributed by atoms with E-state index in [-0.39, 0.29) is 28.7 Å². The molecule has 0 heterocycles. The lowest BCUT2D eigenvalue weighted by atomic mass is 9.90. The average molecular weight is 288 g/mol. The normalized spacial score (nSPS) is 30.9. The van der Waals surface area contributed by atoms with E-state index in [1.807, 2.05) is 0 Å². The van der Waals surface area contributed by atoms with Gasteiger partial charge in [-0.2, -0.15) is 5.10 Å². The van der Waals surface area contributed by atoms with Crippen LogP contribution in [-0.4, -0.2) is 22.3 Å². The highest BCUT2D eigenvalue weighted by atomic mass is 16.3. The standard InChI is InChI=1S/C16H20N2O3/c1-16-7-3-2-4-12(16)14(16)15(21)18-17-9-10-5-6-11(19)8-13(10)20/h5-6,8-9,12,14,19-20H,2-4,7H2,1H3,(H,18,21)/b17-9+/t12-,14+,16-/m0/s1. The molecule has 5 nitrogen and oxygen atoms in total. The van der Waals surface area contributed by atoms with Gasteiger partial charge in [0.05, 0.1) is 6.21 Å². The van der Waals surface area contributed by atoms with Crippen LogP contribution in [0.2, 0.25) is 0 Å². The molecule has 3 atom stereocenters. The minimum absolute atomic E-state index is 0.0105. The molecule has 0 spiro atoms. The predicted molar refractivity (Wildman–Crippen MR) is 79.1 cm³/mol. The highest BCUT2D eigenvalue weighted by Crippen LogP contribution is 2.66. The number of hydrogen-bond donors (Lipinski definition) is 3. The first-order valence-electron chi connectivity index (χ1n) is 7.37. The number of nitrogens with zero attached hydrogens (tertiary/aromatic N) is 1. The summed E-state index contributed by atoms with van der Waals surface area (Å²) in [6.45, 7) is 2.19. The second-order valence-corrected chi connectivity index (χ2v) is 6.31. The first kappa shape index (κ1) is 13.9. The molecule has 0 radical (unpaired) electrons. The first-order valence-corrected chi connectivity index (χ1v) is 7.37. The molecule has 2 fully saturated rings. The van der Waals surface area contributed by atoms with Crippen LogP contribution in [0.3, 0.4) is 0 Å². The Labute approximate surface area is 123 Å². The van der Waals surface area contributed by atoms with Crippen molar-refractivity contribution >= 4 is 12.1 Å². The maximum atomic E-state index is 12.2. The van der Waals surface area contributed by atoms with Gasteiger partial charge in [-0.05, 0) is 36.3 Å². The van der Waals surface area contributed by atoms with Gasteiger partial charge in [-0.1, -0.05) is 19.8 Å². The van der Waals surface area contributed by atoms with Gasteiger partial charge in [0.2, 0.25) is 5.91 Å². The molecule has 1 amide bonds. The van der Waals surface area contributed by atoms with Gasteiger partial charge in [-0.3, -0.25) is 4.79 Å². The second kappa shape index (κ2) is 5.06. The van der Waals surface area contributed by atoms with E-state index in [9.17, 15) is 15.0 Å². The smallest absolute Gasteiger partial charge is 0.244 e. The number of fused-ring (bicyclic) bond motifs is 1. The van der Waals surface area contributed by atoms with Gasteiger partial charge in [-0.25, -0.2) is 5.43 Å². The van der Waals surface area contributed by atoms with Gasteiger partial charge < -0.3 is 10.2 Å². The molecule has 0 bridgehead atoms. The number of benzene rings is 1. The van der Waals surface area contributed by atoms with Crippen molar-refractivity contribution in [3.8, 4) is 11.5 Å². The molecule has 0 aromatic heterocycles. The maximum Gasteiger partial charge on any atom is 0.244 e. The molecule has 2 saturated carbocycles. The second-order valence-electron chi connectivity index (χ2n) is 6.31. The number of phenolic OH excluding ortho intramolecular Hbond substituents is 2. The Balaban J connectivity index is 1.60. The first-order chi connectivity index (χ1) is 10.0. The van der Waals surface area contributed by atoms with Crippen molar-refractivity contribution in [1.82, 2.24) is 5.43 Å². The van der Waals surface area contributed by atoms with Crippen LogP contribution in [0.1, 0.15) is 38.2 Å². The topological polar surface area (TPSA) is 81.9 Å². The summed E-state index contributed by atoms with van der Waals surface area (Å²) >= 11 is 0. The van der Waals surface area contributed by atoms with Crippen LogP contribution in [0.4, 0.5) is 0 Å². The van der Waals surface area contributed by atoms with E-state index < -0.39 is 0 Å². The van der Waals surface area contributed by atoms with Crippen molar-refractivity contribution in [3.63, 3.8) is 0 Å². The van der Waals surface area contributed by atoms with E-state index in [1.165, 1.54) is 31.2 Å². The Kier molecular flexibility index (Phi) is 3.35. The van der Waals surface area contributed by atoms with Crippen molar-refractivity contribution in [3.05, 3.63) is 23.8 Å². The molecule has 2 aliphatic rings. The van der Waals surface area contributed by atoms with Gasteiger partial charge in [0.25, 0.3) is 0 Å². The Bertz CT molecular complexity index is 599. The molecular formula is C16H20N2O3. The molecule has 1 aromatic rings. The third-order valence-electron chi connectivity index (χ3n) is 5.01. The van der Waals surface area contributed by atoms with Crippen molar-refractivity contribution in [1.29, 1.82) is 0 Å². The quantitative estimate of drug-likeness (QED) is 0.590. The Morgan fingerprint density at radius 3 is 2.90 bits per heavy atom. The van der Waals surface area contributed by atoms with Gasteiger partial charge >= 0.3 is 0 Å². The van der Waals surface area contributed by atoms with Crippen molar-refractivity contribution in [2.45, 2.75) is 32.6 Å². The van der Waals surface area contributed by atoms with E-state index in [0.717, 1.165) is 12.8 Å². The van der Waals surface area contributed by atoms with Crippen LogP contribution in [0.15, 0.2) is 23.3 Å². The van der Waals surface area contributed by atoms with Crippen LogP contribution < -0.4 is 5.43 Å². The monoisotopic (exact) mass is 288 g/mol. The summed E-state index contributed by atoms with van der Waals surface area (Å²) in [6.07, 6.45) is 6.08. The summed E-state index contributed by atoms with van der Waals surface area (Å²) in [5.41, 5.74) is 3.19. The molecule has 0 unspecified atom stereocenters. The number of aromatic hydroxyl groups is 2. The van der Waals surface area contributed by atoms with E-state index in [1.54, 1.807) is 6.07 Å². The zero-order valence-electron chi connectivity index (χ0n) is 12.0. The van der Waals surface area contributed by atoms with Crippen LogP contribution in [-0.2, 0) is 4.79 Å². The number of rotatable bonds is 3. The summed E-state index contributed by atoms with van der Waals surface area (Å²) in [6, 6.07) is 4.23. The fourth-order valence-electron chi connectivity index (χ4n) is 3.73. The van der Waals surface area contributed by atoms with Crippen molar-refractivity contribution < 1.29 is 15.0 Å². The SMILES string of the molecule is C[C@]12CCCC[C@H]1[C@@H]2C(=O)N/N=C/c1ccc(O)cc1O. The highest BCUT2D eigenvalue weighted by Gasteiger charge is 2.64. The summed E-state index contributed by atoms with van der Waals surface area (Å²) in [7, 11) is 0. The van der Waals surface area contributed by atoms with Gasteiger partial charge in [-0.15, -0.1) is 0 Å². The minimum atomic E-state index is -0.0694. The van der Waals surface area contributed by atoms with E-state index in [0.29, 0.717) is 11.5 Å². The molecule has 3 rings (SSSR count). The van der Waals surface area contributed by atoms with E-state index >= 15 is 0 Å². The van der Waals surface area contributed by atoms with Gasteiger partial charge in [0.15, 0.2) is 0 Å². The number of carbonyl (C=O) groups is 1. The number of hydrazone groups is 1. The Hall–Kier alpha value is -2.04. The maximum absolute atomic E-state index is 12.2. The van der Waals surface area contributed by atoms with E-state index in [2.05, 4.69) is 17.5 Å². The molecule has 2 aliphatic carbocycles. The zero-order chi connectivity index (χ0) is 15.0. The van der Waals surface area contributed by atoms with Gasteiger partial charge in [0, 0.05) is 17.5 Å². The van der Waals surface area contributed by atoms with Crippen LogP contribution >= 0.6 is 0 Å². The molecule has 3 N–H and O–H groups in total. The molecule has 21 heavy (non-hydrogen) atoms. The lowest BCUT2D eigenvalue weighted by molar-refractivity contribution is -0.123. The number of phenols is 2. The minimum Gasteiger partial charge on any atom is -0.508 e. The van der Waals surface area contributed by atoms with E-state index in [4.69, 9.17) is 0 Å². The lowest BCUT2D eigenvalue weighted by Crippen LogP contribution is -2.22. The largest absolute Gasteiger partial charge is 0.508 e. The number of amides is 1. The number of carbonyl (C=O) groups excluding carboxylic acids is 1. The van der Waals surface area contributed by atoms with Crippen LogP contribution in [0.25, 0.3) is 0 Å². The molecule has 0 aliphatic heterocycles. The predicted octanol–water partition coefficient (Wildman–Crippen LogP) is 2.37. The Morgan fingerprint density at radius 2 is 2.24 bits per heavy atom. The van der Waals surface area contributed by atoms with Crippen molar-refractivity contribution in [2.24, 2.45) is 22.4 Å². The molecular weight excluding hydrogens is 268 g/mol. The third-order valence-corrected chi connectivity index (χ3v) is 5.01. The highest BCUT2D eigenvalue weighted by molar-refractivity contribution is 5.87. The fraction of sp³-hybridized carbons (Fsp3) is 0.500. The molecule has 1 aromatic carbocycles. The molecule has 112 valence electrons. The summed E-state index contributed by atoms with van der Waals surface area (Å²) < 4.78 is 0. The summed E-state index contributed by atoms with van der Waals surface area (Å²) in [5.74, 6) is 0.469. The summed E-state index contributed by atoms with van der Waals surface area (Å²) in [4.78, 5) is 12.2. The number of hydrogen-bond acceptors (Lipinski definition) is 4. The zero-order valence-corrected chi connectivity index (χ0v) is 12.0.